The Morgan fingerprint density at radius 3 is 2.52 bits per heavy atom. The molecule has 1 rings (SSSR count). The topological polar surface area (TPSA) is 115 Å². The maximum Gasteiger partial charge on any atom is 0.274 e. The lowest BCUT2D eigenvalue weighted by Gasteiger charge is -2.08. The van der Waals surface area contributed by atoms with Crippen molar-refractivity contribution in [3.8, 4) is 0 Å². The Labute approximate surface area is 138 Å². The lowest BCUT2D eigenvalue weighted by Crippen LogP contribution is -2.25. The Morgan fingerprint density at radius 1 is 1.38 bits per heavy atom. The van der Waals surface area contributed by atoms with E-state index in [1.165, 1.54) is 6.07 Å². The summed E-state index contributed by atoms with van der Waals surface area (Å²) in [7, 11) is -3.76. The Balaban J connectivity index is 0.00000400. The monoisotopic (exact) mass is 401 g/mol. The second-order valence-corrected chi connectivity index (χ2v) is 6.82. The van der Waals surface area contributed by atoms with E-state index in [9.17, 15) is 18.5 Å². The van der Waals surface area contributed by atoms with Gasteiger partial charge in [0.1, 0.15) is 0 Å². The molecule has 0 unspecified atom stereocenters. The molecule has 7 nitrogen and oxygen atoms in total. The molecule has 0 aliphatic carbocycles. The van der Waals surface area contributed by atoms with Gasteiger partial charge in [-0.3, -0.25) is 10.1 Å². The zero-order chi connectivity index (χ0) is 15.3. The predicted molar refractivity (Wildman–Crippen MR) is 86.3 cm³/mol. The normalized spacial score (nSPS) is 11.0. The number of hydrogen-bond donors (Lipinski definition) is 2. The first-order valence-corrected chi connectivity index (χ1v) is 8.21. The molecule has 0 spiro atoms. The van der Waals surface area contributed by atoms with Gasteiger partial charge in [0.15, 0.2) is 0 Å². The molecule has 1 aromatic carbocycles. The van der Waals surface area contributed by atoms with Gasteiger partial charge in [-0.1, -0.05) is 15.9 Å². The molecule has 10 heteroatoms. The zero-order valence-electron chi connectivity index (χ0n) is 11.3. The van der Waals surface area contributed by atoms with Gasteiger partial charge in [0.05, 0.1) is 9.82 Å². The van der Waals surface area contributed by atoms with Crippen molar-refractivity contribution in [3.05, 3.63) is 32.3 Å². The largest absolute Gasteiger partial charge is 0.330 e. The van der Waals surface area contributed by atoms with Crippen LogP contribution in [0, 0.1) is 17.0 Å². The van der Waals surface area contributed by atoms with Crippen LogP contribution in [0.15, 0.2) is 21.5 Å². The quantitative estimate of drug-likeness (QED) is 0.412. The van der Waals surface area contributed by atoms with Gasteiger partial charge in [-0.2, -0.15) is 0 Å². The summed E-state index contributed by atoms with van der Waals surface area (Å²) in [6.45, 7) is 2.29. The summed E-state index contributed by atoms with van der Waals surface area (Å²) in [5, 5.41) is 10.9. The molecule has 0 fully saturated rings. The highest BCUT2D eigenvalue weighted by atomic mass is 79.9. The molecule has 1 aromatic rings. The number of hydrogen-bond acceptors (Lipinski definition) is 5. The van der Waals surface area contributed by atoms with Gasteiger partial charge in [-0.15, -0.1) is 12.4 Å². The molecule has 0 heterocycles. The Hall–Kier alpha value is -0.740. The first-order valence-electron chi connectivity index (χ1n) is 5.94. The van der Waals surface area contributed by atoms with E-state index in [0.29, 0.717) is 29.4 Å². The van der Waals surface area contributed by atoms with E-state index in [2.05, 4.69) is 20.7 Å². The van der Waals surface area contributed by atoms with Crippen LogP contribution < -0.4 is 10.5 Å². The average molecular weight is 403 g/mol. The molecule has 0 bridgehead atoms. The van der Waals surface area contributed by atoms with Crippen LogP contribution >= 0.6 is 28.3 Å². The maximum absolute atomic E-state index is 12.0. The number of rotatable bonds is 7. The van der Waals surface area contributed by atoms with Gasteiger partial charge < -0.3 is 5.73 Å². The lowest BCUT2D eigenvalue weighted by molar-refractivity contribution is -0.385. The molecule has 0 saturated carbocycles. The summed E-state index contributed by atoms with van der Waals surface area (Å²) in [6.07, 6.45) is 1.32. The summed E-state index contributed by atoms with van der Waals surface area (Å²) in [5.74, 6) is 0. The third kappa shape index (κ3) is 5.51. The summed E-state index contributed by atoms with van der Waals surface area (Å²) < 4.78 is 26.9. The van der Waals surface area contributed by atoms with E-state index < -0.39 is 14.9 Å². The minimum Gasteiger partial charge on any atom is -0.330 e. The molecule has 0 amide bonds. The number of nitrogens with one attached hydrogen (secondary N) is 1. The van der Waals surface area contributed by atoms with Crippen LogP contribution in [0.4, 0.5) is 5.69 Å². The van der Waals surface area contributed by atoms with E-state index in [0.717, 1.165) is 6.07 Å². The lowest BCUT2D eigenvalue weighted by atomic mass is 10.2. The van der Waals surface area contributed by atoms with Crippen molar-refractivity contribution >= 4 is 44.0 Å². The zero-order valence-corrected chi connectivity index (χ0v) is 14.6. The molecule has 21 heavy (non-hydrogen) atoms. The van der Waals surface area contributed by atoms with E-state index >= 15 is 0 Å². The third-order valence-electron chi connectivity index (χ3n) is 2.72. The minimum absolute atomic E-state index is 0. The number of benzene rings is 1. The molecule has 0 atom stereocenters. The SMILES string of the molecule is Cc1c(Br)cc(S(=O)(=O)NCCCCN)cc1[N+](=O)[O-].Cl. The number of nitrogens with zero attached hydrogens (tertiary/aromatic N) is 1. The summed E-state index contributed by atoms with van der Waals surface area (Å²) in [5.41, 5.74) is 5.47. The van der Waals surface area contributed by atoms with Crippen molar-refractivity contribution in [2.24, 2.45) is 5.73 Å². The van der Waals surface area contributed by atoms with Crippen LogP contribution in [0.25, 0.3) is 0 Å². The number of nitro benzene ring substituents is 1. The molecular weight excluding hydrogens is 386 g/mol. The minimum atomic E-state index is -3.76. The molecular formula is C11H17BrClN3O4S. The van der Waals surface area contributed by atoms with Crippen LogP contribution in [0.5, 0.6) is 0 Å². The van der Waals surface area contributed by atoms with Crippen molar-refractivity contribution in [2.45, 2.75) is 24.7 Å². The van der Waals surface area contributed by atoms with Gasteiger partial charge >= 0.3 is 0 Å². The van der Waals surface area contributed by atoms with E-state index in [1.807, 2.05) is 0 Å². The van der Waals surface area contributed by atoms with Gasteiger partial charge in [-0.25, -0.2) is 13.1 Å². The van der Waals surface area contributed by atoms with Crippen LogP contribution in [0.2, 0.25) is 0 Å². The Kier molecular flexibility index (Phi) is 8.34. The van der Waals surface area contributed by atoms with Crippen molar-refractivity contribution in [2.75, 3.05) is 13.1 Å². The fraction of sp³-hybridized carbons (Fsp3) is 0.455. The van der Waals surface area contributed by atoms with Crippen LogP contribution in [-0.2, 0) is 10.0 Å². The second kappa shape index (κ2) is 8.64. The fourth-order valence-electron chi connectivity index (χ4n) is 1.54. The molecule has 0 radical (unpaired) electrons. The number of unbranched alkanes of at least 4 members (excludes halogenated alkanes) is 1. The van der Waals surface area contributed by atoms with E-state index in [4.69, 9.17) is 5.73 Å². The van der Waals surface area contributed by atoms with E-state index in [1.54, 1.807) is 6.92 Å². The van der Waals surface area contributed by atoms with Crippen LogP contribution in [-0.4, -0.2) is 26.4 Å². The maximum atomic E-state index is 12.0. The standard InChI is InChI=1S/C11H16BrN3O4S.ClH/c1-8-10(12)6-9(7-11(8)15(16)17)20(18,19)14-5-3-2-4-13;/h6-7,14H,2-5,13H2,1H3;1H. The van der Waals surface area contributed by atoms with Crippen molar-refractivity contribution < 1.29 is 13.3 Å². The van der Waals surface area contributed by atoms with Gasteiger partial charge in [0, 0.05) is 22.6 Å². The molecule has 120 valence electrons. The molecule has 0 saturated heterocycles. The average Bonchev–Trinajstić information content (AvgIpc) is 2.37. The fourth-order valence-corrected chi connectivity index (χ4v) is 3.26. The second-order valence-electron chi connectivity index (χ2n) is 4.20. The number of nitro groups is 1. The predicted octanol–water partition coefficient (Wildman–Crippen LogP) is 2.10. The van der Waals surface area contributed by atoms with E-state index in [-0.39, 0.29) is 29.5 Å². The highest BCUT2D eigenvalue weighted by Crippen LogP contribution is 2.29. The first kappa shape index (κ1) is 20.3. The van der Waals surface area contributed by atoms with Gasteiger partial charge in [0.25, 0.3) is 5.69 Å². The van der Waals surface area contributed by atoms with Gasteiger partial charge in [-0.05, 0) is 32.4 Å². The number of sulfonamides is 1. The summed E-state index contributed by atoms with van der Waals surface area (Å²) in [6, 6.07) is 2.42. The van der Waals surface area contributed by atoms with Crippen LogP contribution in [0.1, 0.15) is 18.4 Å². The Bertz CT molecular complexity index is 610. The van der Waals surface area contributed by atoms with Crippen molar-refractivity contribution in [1.29, 1.82) is 0 Å². The highest BCUT2D eigenvalue weighted by molar-refractivity contribution is 9.10. The van der Waals surface area contributed by atoms with Crippen molar-refractivity contribution in [1.82, 2.24) is 4.72 Å². The third-order valence-corrected chi connectivity index (χ3v) is 4.98. The summed E-state index contributed by atoms with van der Waals surface area (Å²) >= 11 is 3.14. The highest BCUT2D eigenvalue weighted by Gasteiger charge is 2.21. The van der Waals surface area contributed by atoms with Gasteiger partial charge in [0.2, 0.25) is 10.0 Å². The number of halogens is 2. The van der Waals surface area contributed by atoms with Crippen LogP contribution in [0.3, 0.4) is 0 Å². The molecule has 0 aliphatic heterocycles. The number of nitrogens with two attached hydrogens (primary N) is 1. The molecule has 0 aliphatic rings. The smallest absolute Gasteiger partial charge is 0.274 e. The first-order chi connectivity index (χ1) is 9.29. The van der Waals surface area contributed by atoms with Crippen molar-refractivity contribution in [3.63, 3.8) is 0 Å². The Morgan fingerprint density at radius 2 is 2.00 bits per heavy atom. The molecule has 0 aromatic heterocycles. The molecule has 3 N–H and O–H groups in total. The summed E-state index contributed by atoms with van der Waals surface area (Å²) in [4.78, 5) is 10.2.